The first kappa shape index (κ1) is 50.5. The van der Waals surface area contributed by atoms with E-state index in [2.05, 4.69) is 137 Å². The van der Waals surface area contributed by atoms with Crippen LogP contribution in [0.4, 0.5) is 0 Å². The molecule has 502 valence electrons. The summed E-state index contributed by atoms with van der Waals surface area (Å²) < 4.78 is 105. The third kappa shape index (κ3) is 8.45. The van der Waals surface area contributed by atoms with Gasteiger partial charge in [0, 0.05) is 103 Å². The van der Waals surface area contributed by atoms with Gasteiger partial charge in [-0.3, -0.25) is 39.3 Å². The third-order valence-corrected chi connectivity index (χ3v) is 21.9. The molecule has 0 bridgehead atoms. The van der Waals surface area contributed by atoms with Crippen LogP contribution in [-0.2, 0) is 60.7 Å². The first-order chi connectivity index (χ1) is 55.4. The number of aromatic nitrogens is 23. The Labute approximate surface area is 611 Å². The lowest BCUT2D eigenvalue weighted by Crippen LogP contribution is -2.31. The summed E-state index contributed by atoms with van der Waals surface area (Å²) >= 11 is 1.60. The first-order valence-corrected chi connectivity index (χ1v) is 34.8. The molecule has 5 aliphatic rings. The Bertz CT molecular complexity index is 7200. The second-order valence-corrected chi connectivity index (χ2v) is 27.2. The van der Waals surface area contributed by atoms with Crippen molar-refractivity contribution in [3.63, 3.8) is 0 Å². The summed E-state index contributed by atoms with van der Waals surface area (Å²) in [7, 11) is 2.11. The van der Waals surface area contributed by atoms with Crippen LogP contribution in [0.25, 0.3) is 155 Å². The lowest BCUT2D eigenvalue weighted by Gasteiger charge is -2.02. The van der Waals surface area contributed by atoms with Gasteiger partial charge < -0.3 is 4.42 Å². The maximum absolute atomic E-state index is 8.04. The van der Waals surface area contributed by atoms with Gasteiger partial charge in [0.15, 0.2) is 34.7 Å². The highest BCUT2D eigenvalue weighted by molar-refractivity contribution is 7.25. The molecule has 0 fully saturated rings. The smallest absolute Gasteiger partial charge is 0.339 e. The van der Waals surface area contributed by atoms with Crippen molar-refractivity contribution in [2.24, 2.45) is 28.0 Å². The van der Waals surface area contributed by atoms with Crippen molar-refractivity contribution in [3.05, 3.63) is 261 Å². The van der Waals surface area contributed by atoms with Gasteiger partial charge in [0.2, 0.25) is 22.0 Å². The normalized spacial score (nSPS) is 14.6. The van der Waals surface area contributed by atoms with E-state index in [1.807, 2.05) is 136 Å². The fraction of sp³-hybridized carbons (Fsp3) is 0.113. The number of para-hydroxylation sites is 1. The van der Waals surface area contributed by atoms with Gasteiger partial charge in [-0.25, -0.2) is 60.3 Å². The summed E-state index contributed by atoms with van der Waals surface area (Å²) in [4.78, 5) is 44.2. The van der Waals surface area contributed by atoms with Crippen LogP contribution in [0.1, 0.15) is 40.8 Å². The largest absolute Gasteiger partial charge is 0.419 e. The number of nitrogens with zero attached hydrogens (tertiary/aromatic N) is 23. The number of benzene rings is 1. The van der Waals surface area contributed by atoms with Crippen LogP contribution in [0.3, 0.4) is 0 Å². The van der Waals surface area contributed by atoms with Crippen LogP contribution in [0.5, 0.6) is 0 Å². The van der Waals surface area contributed by atoms with E-state index in [9.17, 15) is 0 Å². The van der Waals surface area contributed by atoms with Crippen LogP contribution in [0.2, 0.25) is 0 Å². The van der Waals surface area contributed by atoms with Crippen LogP contribution in [-0.4, -0.2) is 85.9 Å². The highest BCUT2D eigenvalue weighted by atomic mass is 32.1. The number of hydrogen-bond donors (Lipinski definition) is 0. The monoisotopic (exact) mass is 1400 g/mol. The van der Waals surface area contributed by atoms with E-state index in [4.69, 9.17) is 16.8 Å². The Morgan fingerprint density at radius 1 is 0.448 bits per heavy atom. The number of thiophene rings is 1. The molecule has 0 radical (unpaired) electrons. The minimum atomic E-state index is -2.33. The maximum atomic E-state index is 8.04. The molecule has 26 rings (SSSR count). The second-order valence-electron chi connectivity index (χ2n) is 26.2. The number of rotatable bonds is 1. The molecule has 20 aromatic heterocycles. The maximum Gasteiger partial charge on any atom is 0.339 e. The van der Waals surface area contributed by atoms with Crippen molar-refractivity contribution in [1.82, 2.24) is 85.9 Å². The zero-order valence-electron chi connectivity index (χ0n) is 64.6. The number of furan rings is 1. The highest BCUT2D eigenvalue weighted by Gasteiger charge is 2.41. The summed E-state index contributed by atoms with van der Waals surface area (Å²) in [6.07, 6.45) is 26.5. The number of imidazole rings is 5. The molecule has 0 amide bonds. The van der Waals surface area contributed by atoms with Crippen LogP contribution in [0, 0.1) is 0 Å². The van der Waals surface area contributed by atoms with Gasteiger partial charge in [0.05, 0.1) is 113 Å². The topological polar surface area (TPSA) is 199 Å². The zero-order valence-corrected chi connectivity index (χ0v) is 56.4. The number of pyridine rings is 7. The molecule has 25 heteroatoms. The molecule has 5 aliphatic heterocycles. The third-order valence-electron chi connectivity index (χ3n) is 20.7. The van der Waals surface area contributed by atoms with Crippen molar-refractivity contribution in [3.8, 4) is 62.6 Å². The average molecular weight is 1400 g/mol. The molecule has 1 aromatic carbocycles. The molecule has 0 spiro atoms. The van der Waals surface area contributed by atoms with Gasteiger partial charge in [0.1, 0.15) is 61.4 Å². The zero-order chi connectivity index (χ0) is 76.9. The molecular formula is C80H60N23OS+5. The van der Waals surface area contributed by atoms with Crippen molar-refractivity contribution < 1.29 is 39.6 Å². The van der Waals surface area contributed by atoms with E-state index in [0.29, 0.717) is 65.0 Å². The standard InChI is InChI=1S/C20H14N5.2C15H12N5.C15H11N4O.C15H11N4S/c1-2-5-14(6-3-1)25-19-16-7-4-9-22-17(16)12-23(19)18-11-15-8-10-21-13-24(15)20(18)25;2*1-18-14-11-3-2-5-17-12(11)8-19(14)13-7-10-4-6-16-9-20(10)15(13)18;2*1-18-13-10-7-16-6-4-12(10)20-15(13)19-8-11-9(14(18)19)3-2-5-17-11/h1-11,13H,12H2;2*2-7,9H,8H2,1H3;2*2-7H,8H2,1H3/q5*+1/i;1D3;;2*1D3. The highest BCUT2D eigenvalue weighted by Crippen LogP contribution is 2.41. The minimum absolute atomic E-state index is 0.498. The SMILES string of the molecule is C[n+]1c2n(c3cc4ccncn4c31)Cc1ncccc1-2.[2H]C([2H])([2H])[n+]1c2n(c3cc4ccncn4c31)Cc1ncccc1-2.[2H]C([2H])([2H])n1c2[n+](c3oc4ccncc4c31)Cc1ncccc1-2.[2H]C([2H])([2H])n1c2[n+](c3sc4ccncc4c31)Cc1ncccc1-2.c1ccc(-n2c3[n+](c4cc5ccncn5c42)Cc2ncccc2-3)cc1. The lowest BCUT2D eigenvalue weighted by molar-refractivity contribution is -0.652. The van der Waals surface area contributed by atoms with Gasteiger partial charge in [-0.1, -0.05) is 29.5 Å². The van der Waals surface area contributed by atoms with Crippen molar-refractivity contribution in [1.29, 1.82) is 0 Å². The van der Waals surface area contributed by atoms with E-state index < -0.39 is 20.9 Å². The molecule has 21 aromatic rings. The molecule has 25 heterocycles. The predicted octanol–water partition coefficient (Wildman–Crippen LogP) is 10.6. The molecule has 0 aliphatic carbocycles. The molecule has 0 saturated heterocycles. The number of fused-ring (bicyclic) bond motifs is 35. The predicted molar refractivity (Wildman–Crippen MR) is 395 cm³/mol. The minimum Gasteiger partial charge on any atom is -0.419 e. The molecule has 24 nitrogen and oxygen atoms in total. The summed E-state index contributed by atoms with van der Waals surface area (Å²) in [6, 6.07) is 46.1. The molecule has 105 heavy (non-hydrogen) atoms. The molecular weight excluding hydrogens is 1330 g/mol. The fourth-order valence-electron chi connectivity index (χ4n) is 16.3. The summed E-state index contributed by atoms with van der Waals surface area (Å²) in [5.41, 5.74) is 23.0. The quantitative estimate of drug-likeness (QED) is 0.142. The van der Waals surface area contributed by atoms with Crippen LogP contribution >= 0.6 is 11.3 Å². The summed E-state index contributed by atoms with van der Waals surface area (Å²) in [5, 5.41) is 1.59. The Morgan fingerprint density at radius 3 is 1.57 bits per heavy atom. The van der Waals surface area contributed by atoms with E-state index in [1.54, 1.807) is 73.3 Å². The van der Waals surface area contributed by atoms with Gasteiger partial charge >= 0.3 is 5.71 Å². The van der Waals surface area contributed by atoms with Crippen molar-refractivity contribution in [2.75, 3.05) is 0 Å². The Hall–Kier alpha value is -13.8. The Morgan fingerprint density at radius 2 is 0.952 bits per heavy atom. The first-order valence-electron chi connectivity index (χ1n) is 38.4. The van der Waals surface area contributed by atoms with E-state index in [0.717, 1.165) is 107 Å². The number of aryl methyl sites for hydroxylation is 4. The second kappa shape index (κ2) is 22.3. The van der Waals surface area contributed by atoms with Crippen LogP contribution in [0.15, 0.2) is 237 Å². The Balaban J connectivity index is 0.0000000870. The fourth-order valence-corrected chi connectivity index (χ4v) is 17.4. The van der Waals surface area contributed by atoms with E-state index in [-0.39, 0.29) is 0 Å². The average Bonchev–Trinajstić information content (AvgIpc) is 1.52. The Kier molecular flexibility index (Phi) is 10.7. The van der Waals surface area contributed by atoms with Crippen LogP contribution < -0.4 is 22.8 Å². The van der Waals surface area contributed by atoms with Crippen molar-refractivity contribution >= 4 is 104 Å². The van der Waals surface area contributed by atoms with Gasteiger partial charge in [-0.05, 0) is 97.1 Å². The van der Waals surface area contributed by atoms with E-state index >= 15 is 0 Å². The van der Waals surface area contributed by atoms with Crippen molar-refractivity contribution in [2.45, 2.75) is 32.7 Å². The van der Waals surface area contributed by atoms with Gasteiger partial charge in [0.25, 0.3) is 34.4 Å². The van der Waals surface area contributed by atoms with Gasteiger partial charge in [-0.2, -0.15) is 9.13 Å². The molecule has 0 unspecified atom stereocenters. The number of hydrogen-bond acceptors (Lipinski definition) is 12. The molecule has 0 N–H and O–H groups in total. The van der Waals surface area contributed by atoms with E-state index in [1.165, 1.54) is 58.7 Å². The van der Waals surface area contributed by atoms with Gasteiger partial charge in [-0.15, -0.1) is 0 Å². The summed E-state index contributed by atoms with van der Waals surface area (Å²) in [6.45, 7) is -3.57. The lowest BCUT2D eigenvalue weighted by atomic mass is 10.2. The summed E-state index contributed by atoms with van der Waals surface area (Å²) in [5.74, 6) is 4.39. The molecule has 0 atom stereocenters. The molecule has 0 saturated carbocycles.